The monoisotopic (exact) mass is 193 g/mol. The van der Waals surface area contributed by atoms with Gasteiger partial charge in [0, 0.05) is 5.71 Å². The van der Waals surface area contributed by atoms with Crippen LogP contribution in [0.3, 0.4) is 0 Å². The molecule has 1 atom stereocenters. The van der Waals surface area contributed by atoms with E-state index in [1.54, 1.807) is 0 Å². The SMILES string of the molecule is CC=C=C(C)/N=C(\C)C(C)CC(C)C. The largest absolute Gasteiger partial charge is 0.254 e. The first-order valence-corrected chi connectivity index (χ1v) is 5.40. The highest BCUT2D eigenvalue weighted by molar-refractivity contribution is 5.84. The fourth-order valence-electron chi connectivity index (χ4n) is 1.49. The van der Waals surface area contributed by atoms with Crippen molar-refractivity contribution in [3.8, 4) is 0 Å². The molecule has 0 radical (unpaired) electrons. The van der Waals surface area contributed by atoms with E-state index >= 15 is 0 Å². The Kier molecular flexibility index (Phi) is 6.23. The molecule has 0 aromatic heterocycles. The van der Waals surface area contributed by atoms with Gasteiger partial charge in [-0.1, -0.05) is 20.8 Å². The molecule has 0 saturated heterocycles. The predicted octanol–water partition coefficient (Wildman–Crippen LogP) is 4.21. The summed E-state index contributed by atoms with van der Waals surface area (Å²) in [7, 11) is 0. The van der Waals surface area contributed by atoms with Crippen molar-refractivity contribution in [1.82, 2.24) is 0 Å². The first-order chi connectivity index (χ1) is 6.47. The van der Waals surface area contributed by atoms with Crippen molar-refractivity contribution in [2.45, 2.75) is 48.0 Å². The highest BCUT2D eigenvalue weighted by Crippen LogP contribution is 2.13. The second-order valence-electron chi connectivity index (χ2n) is 4.30. The Morgan fingerprint density at radius 2 is 1.86 bits per heavy atom. The molecule has 0 heterocycles. The summed E-state index contributed by atoms with van der Waals surface area (Å²) in [5.41, 5.74) is 5.27. The molecular weight excluding hydrogens is 170 g/mol. The number of rotatable bonds is 4. The Bertz CT molecular complexity index is 252. The van der Waals surface area contributed by atoms with Crippen LogP contribution in [0.4, 0.5) is 0 Å². The molecule has 0 aliphatic rings. The summed E-state index contributed by atoms with van der Waals surface area (Å²) >= 11 is 0. The molecule has 0 aliphatic carbocycles. The van der Waals surface area contributed by atoms with Crippen molar-refractivity contribution in [3.63, 3.8) is 0 Å². The van der Waals surface area contributed by atoms with Crippen molar-refractivity contribution >= 4 is 5.71 Å². The first kappa shape index (κ1) is 13.2. The zero-order chi connectivity index (χ0) is 11.1. The van der Waals surface area contributed by atoms with Crippen LogP contribution in [0.5, 0.6) is 0 Å². The van der Waals surface area contributed by atoms with Crippen LogP contribution in [0.2, 0.25) is 0 Å². The van der Waals surface area contributed by atoms with Crippen LogP contribution >= 0.6 is 0 Å². The summed E-state index contributed by atoms with van der Waals surface area (Å²) in [6.07, 6.45) is 3.11. The Balaban J connectivity index is 4.45. The third-order valence-corrected chi connectivity index (χ3v) is 2.24. The van der Waals surface area contributed by atoms with E-state index in [1.807, 2.05) is 19.9 Å². The maximum absolute atomic E-state index is 4.51. The summed E-state index contributed by atoms with van der Waals surface area (Å²) in [5.74, 6) is 1.31. The van der Waals surface area contributed by atoms with Gasteiger partial charge in [-0.05, 0) is 45.1 Å². The summed E-state index contributed by atoms with van der Waals surface area (Å²) < 4.78 is 0. The summed E-state index contributed by atoms with van der Waals surface area (Å²) in [4.78, 5) is 4.51. The van der Waals surface area contributed by atoms with Crippen LogP contribution in [0.25, 0.3) is 0 Å². The van der Waals surface area contributed by atoms with Gasteiger partial charge >= 0.3 is 0 Å². The van der Waals surface area contributed by atoms with Gasteiger partial charge in [-0.25, -0.2) is 0 Å². The molecule has 0 aliphatic heterocycles. The van der Waals surface area contributed by atoms with Gasteiger partial charge in [0.25, 0.3) is 0 Å². The van der Waals surface area contributed by atoms with E-state index in [-0.39, 0.29) is 0 Å². The quantitative estimate of drug-likeness (QED) is 0.468. The van der Waals surface area contributed by atoms with Gasteiger partial charge in [0.2, 0.25) is 0 Å². The van der Waals surface area contributed by atoms with E-state index in [9.17, 15) is 0 Å². The lowest BCUT2D eigenvalue weighted by Crippen LogP contribution is -2.09. The molecule has 0 bridgehead atoms. The van der Waals surface area contributed by atoms with Crippen molar-refractivity contribution in [1.29, 1.82) is 0 Å². The van der Waals surface area contributed by atoms with Gasteiger partial charge in [0.1, 0.15) is 0 Å². The molecular formula is C13H23N. The van der Waals surface area contributed by atoms with Gasteiger partial charge < -0.3 is 0 Å². The first-order valence-electron chi connectivity index (χ1n) is 5.40. The van der Waals surface area contributed by atoms with Crippen molar-refractivity contribution in [2.75, 3.05) is 0 Å². The van der Waals surface area contributed by atoms with E-state index in [0.717, 1.165) is 11.6 Å². The second-order valence-corrected chi connectivity index (χ2v) is 4.30. The minimum atomic E-state index is 0.573. The highest BCUT2D eigenvalue weighted by atomic mass is 14.7. The molecule has 14 heavy (non-hydrogen) atoms. The Morgan fingerprint density at radius 3 is 2.29 bits per heavy atom. The highest BCUT2D eigenvalue weighted by Gasteiger charge is 2.07. The van der Waals surface area contributed by atoms with Crippen LogP contribution < -0.4 is 0 Å². The van der Waals surface area contributed by atoms with Crippen LogP contribution in [0.1, 0.15) is 48.0 Å². The minimum Gasteiger partial charge on any atom is -0.254 e. The molecule has 0 amide bonds. The molecule has 1 nitrogen and oxygen atoms in total. The van der Waals surface area contributed by atoms with Crippen LogP contribution in [0.15, 0.2) is 22.5 Å². The lowest BCUT2D eigenvalue weighted by molar-refractivity contribution is 0.520. The van der Waals surface area contributed by atoms with Gasteiger partial charge in [-0.3, -0.25) is 4.99 Å². The normalized spacial score (nSPS) is 13.8. The standard InChI is InChI=1S/C13H23N/c1-7-8-12(5)14-13(6)11(4)9-10(2)3/h7,10-11H,9H2,1-6H3/b14-13+. The van der Waals surface area contributed by atoms with E-state index in [4.69, 9.17) is 0 Å². The third kappa shape index (κ3) is 5.77. The molecule has 80 valence electrons. The number of hydrogen-bond donors (Lipinski definition) is 0. The molecule has 0 rings (SSSR count). The van der Waals surface area contributed by atoms with E-state index in [0.29, 0.717) is 5.92 Å². The van der Waals surface area contributed by atoms with E-state index in [1.165, 1.54) is 12.1 Å². The lowest BCUT2D eigenvalue weighted by atomic mass is 9.95. The molecule has 0 aromatic rings. The molecule has 0 aromatic carbocycles. The maximum atomic E-state index is 4.51. The average molecular weight is 193 g/mol. The Hall–Kier alpha value is -0.810. The number of allylic oxidation sites excluding steroid dienone is 1. The topological polar surface area (TPSA) is 12.4 Å². The Morgan fingerprint density at radius 1 is 1.29 bits per heavy atom. The fraction of sp³-hybridized carbons (Fsp3) is 0.692. The summed E-state index contributed by atoms with van der Waals surface area (Å²) in [6.45, 7) is 12.8. The molecule has 0 N–H and O–H groups in total. The number of nitrogens with zero attached hydrogens (tertiary/aromatic N) is 1. The molecule has 1 unspecified atom stereocenters. The fourth-order valence-corrected chi connectivity index (χ4v) is 1.49. The molecule has 0 saturated carbocycles. The average Bonchev–Trinajstić information content (AvgIpc) is 2.02. The lowest BCUT2D eigenvalue weighted by Gasteiger charge is -2.13. The molecule has 0 spiro atoms. The van der Waals surface area contributed by atoms with Crippen molar-refractivity contribution in [2.24, 2.45) is 16.8 Å². The van der Waals surface area contributed by atoms with E-state index < -0.39 is 0 Å². The number of aliphatic imine (C=N–C) groups is 1. The summed E-state index contributed by atoms with van der Waals surface area (Å²) in [6, 6.07) is 0. The molecule has 0 fully saturated rings. The Labute approximate surface area is 88.6 Å². The molecule has 1 heteroatoms. The van der Waals surface area contributed by atoms with Gasteiger partial charge in [0.15, 0.2) is 0 Å². The third-order valence-electron chi connectivity index (χ3n) is 2.24. The predicted molar refractivity (Wildman–Crippen MR) is 64.7 cm³/mol. The van der Waals surface area contributed by atoms with Gasteiger partial charge in [-0.15, -0.1) is 5.73 Å². The van der Waals surface area contributed by atoms with Crippen LogP contribution in [0, 0.1) is 11.8 Å². The minimum absolute atomic E-state index is 0.573. The maximum Gasteiger partial charge on any atom is 0.0785 e. The smallest absolute Gasteiger partial charge is 0.0785 e. The zero-order valence-corrected chi connectivity index (χ0v) is 10.4. The van der Waals surface area contributed by atoms with Gasteiger partial charge in [-0.2, -0.15) is 0 Å². The van der Waals surface area contributed by atoms with E-state index in [2.05, 4.69) is 38.4 Å². The van der Waals surface area contributed by atoms with Crippen molar-refractivity contribution < 1.29 is 0 Å². The zero-order valence-electron chi connectivity index (χ0n) is 10.4. The van der Waals surface area contributed by atoms with Crippen molar-refractivity contribution in [3.05, 3.63) is 17.5 Å². The van der Waals surface area contributed by atoms with Crippen LogP contribution in [-0.4, -0.2) is 5.71 Å². The number of hydrogen-bond acceptors (Lipinski definition) is 1. The summed E-state index contributed by atoms with van der Waals surface area (Å²) in [5, 5.41) is 0. The van der Waals surface area contributed by atoms with Crippen LogP contribution in [-0.2, 0) is 0 Å². The second kappa shape index (κ2) is 6.62. The van der Waals surface area contributed by atoms with Gasteiger partial charge in [0.05, 0.1) is 5.70 Å².